The third-order valence-electron chi connectivity index (χ3n) is 4.94. The van der Waals surface area contributed by atoms with Crippen LogP contribution in [0, 0.1) is 23.3 Å². The lowest BCUT2D eigenvalue weighted by Gasteiger charge is -2.31. The number of anilines is 1. The molecule has 0 N–H and O–H groups in total. The summed E-state index contributed by atoms with van der Waals surface area (Å²) >= 11 is 0. The van der Waals surface area contributed by atoms with E-state index in [-0.39, 0.29) is 27.6 Å². The van der Waals surface area contributed by atoms with E-state index in [4.69, 9.17) is 0 Å². The first kappa shape index (κ1) is 24.2. The van der Waals surface area contributed by atoms with E-state index in [9.17, 15) is 45.1 Å². The molecule has 3 rings (SSSR count). The molecule has 0 saturated heterocycles. The summed E-state index contributed by atoms with van der Waals surface area (Å²) in [6.45, 7) is 1.76. The molecule has 0 fully saturated rings. The first-order chi connectivity index (χ1) is 15.4. The summed E-state index contributed by atoms with van der Waals surface area (Å²) in [7, 11) is 0. The highest BCUT2D eigenvalue weighted by atomic mass is 19.4. The predicted octanol–water partition coefficient (Wildman–Crippen LogP) is 5.39. The molecule has 2 aromatic carbocycles. The Morgan fingerprint density at radius 3 is 1.79 bits per heavy atom. The van der Waals surface area contributed by atoms with Gasteiger partial charge in [-0.25, -0.2) is 22.6 Å². The molecule has 0 saturated carbocycles. The number of carbonyl (C=O) groups excluding carboxylic acids is 3. The number of hydrogen-bond donors (Lipinski definition) is 0. The minimum absolute atomic E-state index is 0.0351. The molecule has 0 bridgehead atoms. The zero-order valence-corrected chi connectivity index (χ0v) is 16.9. The highest BCUT2D eigenvalue weighted by molar-refractivity contribution is 6.24. The Kier molecular flexibility index (Phi) is 6.48. The number of benzene rings is 2. The van der Waals surface area contributed by atoms with Crippen molar-refractivity contribution < 1.29 is 45.1 Å². The van der Waals surface area contributed by atoms with Crippen molar-refractivity contribution >= 4 is 23.4 Å². The molecule has 5 nitrogen and oxygen atoms in total. The Morgan fingerprint density at radius 1 is 0.879 bits per heavy atom. The topological polar surface area (TPSA) is 57.7 Å². The lowest BCUT2D eigenvalue weighted by atomic mass is 10.1. The van der Waals surface area contributed by atoms with Crippen LogP contribution >= 0.6 is 0 Å². The second-order valence-corrected chi connectivity index (χ2v) is 7.11. The maximum Gasteiger partial charge on any atom is 0.422 e. The second kappa shape index (κ2) is 8.83. The number of fused-ring (bicyclic) bond motifs is 1. The molecule has 1 heterocycles. The Hall–Kier alpha value is -3.44. The van der Waals surface area contributed by atoms with E-state index >= 15 is 0 Å². The minimum atomic E-state index is -5.81. The maximum atomic E-state index is 14.7. The van der Waals surface area contributed by atoms with Gasteiger partial charge in [0.25, 0.3) is 11.8 Å². The molecule has 0 atom stereocenters. The van der Waals surface area contributed by atoms with E-state index in [1.54, 1.807) is 6.92 Å². The molecule has 0 aromatic heterocycles. The van der Waals surface area contributed by atoms with Crippen LogP contribution in [0.25, 0.3) is 0 Å². The quantitative estimate of drug-likeness (QED) is 0.243. The van der Waals surface area contributed by atoms with E-state index in [0.717, 1.165) is 12.1 Å². The van der Waals surface area contributed by atoms with Crippen LogP contribution in [0.2, 0.25) is 0 Å². The van der Waals surface area contributed by atoms with Gasteiger partial charge >= 0.3 is 6.18 Å². The molecule has 0 aliphatic carbocycles. The van der Waals surface area contributed by atoms with Gasteiger partial charge in [-0.15, -0.1) is 0 Å². The summed E-state index contributed by atoms with van der Waals surface area (Å²) in [6, 6.07) is 5.02. The number of hydrogen-bond acceptors (Lipinski definition) is 3. The fraction of sp³-hybridized carbons (Fsp3) is 0.286. The number of nitrogens with zero attached hydrogens (tertiary/aromatic N) is 2. The van der Waals surface area contributed by atoms with Gasteiger partial charge in [-0.2, -0.15) is 18.2 Å². The number of imide groups is 1. The summed E-state index contributed by atoms with van der Waals surface area (Å²) < 4.78 is 96.9. The number of carbonyl (C=O) groups is 3. The van der Waals surface area contributed by atoms with Crippen molar-refractivity contribution in [1.82, 2.24) is 5.01 Å². The van der Waals surface area contributed by atoms with Crippen LogP contribution in [0.3, 0.4) is 0 Å². The Bertz CT molecular complexity index is 1080. The Morgan fingerprint density at radius 2 is 1.36 bits per heavy atom. The first-order valence-electron chi connectivity index (χ1n) is 9.67. The van der Waals surface area contributed by atoms with Gasteiger partial charge < -0.3 is 0 Å². The number of rotatable bonds is 6. The van der Waals surface area contributed by atoms with Crippen molar-refractivity contribution in [3.05, 3.63) is 64.2 Å². The van der Waals surface area contributed by atoms with E-state index < -0.39 is 64.8 Å². The molecule has 176 valence electrons. The van der Waals surface area contributed by atoms with Crippen LogP contribution in [0.1, 0.15) is 58.9 Å². The van der Waals surface area contributed by atoms with Crippen molar-refractivity contribution in [3.8, 4) is 0 Å². The van der Waals surface area contributed by atoms with Crippen LogP contribution in [-0.4, -0.2) is 22.7 Å². The van der Waals surface area contributed by atoms with Crippen LogP contribution in [-0.2, 0) is 11.0 Å². The Labute approximate surface area is 182 Å². The predicted molar refractivity (Wildman–Crippen MR) is 99.8 cm³/mol. The summed E-state index contributed by atoms with van der Waals surface area (Å²) in [5, 5.41) is -0.260. The highest BCUT2D eigenvalue weighted by Crippen LogP contribution is 2.41. The summed E-state index contributed by atoms with van der Waals surface area (Å²) in [4.78, 5) is 38.4. The zero-order valence-electron chi connectivity index (χ0n) is 16.9. The Balaban J connectivity index is 2.24. The van der Waals surface area contributed by atoms with Crippen LogP contribution in [0.4, 0.5) is 36.4 Å². The average molecular weight is 476 g/mol. The monoisotopic (exact) mass is 476 g/mol. The average Bonchev–Trinajstić information content (AvgIpc) is 2.99. The van der Waals surface area contributed by atoms with Gasteiger partial charge in [0, 0.05) is 6.42 Å². The van der Waals surface area contributed by atoms with Gasteiger partial charge in [-0.3, -0.25) is 14.4 Å². The van der Waals surface area contributed by atoms with Gasteiger partial charge in [-0.1, -0.05) is 31.9 Å². The van der Waals surface area contributed by atoms with E-state index in [1.165, 1.54) is 12.1 Å². The van der Waals surface area contributed by atoms with Gasteiger partial charge in [0.15, 0.2) is 23.3 Å². The van der Waals surface area contributed by atoms with Crippen molar-refractivity contribution in [2.45, 2.75) is 38.8 Å². The van der Waals surface area contributed by atoms with E-state index in [2.05, 4.69) is 0 Å². The highest BCUT2D eigenvalue weighted by Gasteiger charge is 2.48. The normalized spacial score (nSPS) is 13.5. The number of hydrazine groups is 1. The fourth-order valence-corrected chi connectivity index (χ4v) is 3.38. The summed E-state index contributed by atoms with van der Waals surface area (Å²) in [5.74, 6) is -14.6. The van der Waals surface area contributed by atoms with Gasteiger partial charge in [0.2, 0.25) is 5.91 Å². The minimum Gasteiger partial charge on any atom is -0.273 e. The lowest BCUT2D eigenvalue weighted by molar-refractivity contribution is -0.143. The van der Waals surface area contributed by atoms with Gasteiger partial charge in [0.05, 0.1) is 11.1 Å². The van der Waals surface area contributed by atoms with E-state index in [0.29, 0.717) is 12.8 Å². The van der Waals surface area contributed by atoms with Gasteiger partial charge in [0.1, 0.15) is 11.3 Å². The standard InChI is InChI=1S/C21H15F7N2O3/c1-2-3-4-9-12(31)29(30-19(32)10-7-5-6-8-11(10)20(30)33)18-16(24)14(22)13(21(26,27)28)15(23)17(18)25/h5-8H,2-4,9H2,1H3. The molecule has 0 spiro atoms. The van der Waals surface area contributed by atoms with Crippen LogP contribution in [0.15, 0.2) is 24.3 Å². The lowest BCUT2D eigenvalue weighted by Crippen LogP contribution is -2.51. The SMILES string of the molecule is CCCCCC(=O)N(c1c(F)c(F)c(C(F)(F)F)c(F)c1F)N1C(=O)c2ccccc2C1=O. The van der Waals surface area contributed by atoms with Crippen molar-refractivity contribution in [3.63, 3.8) is 0 Å². The third kappa shape index (κ3) is 4.05. The molecule has 33 heavy (non-hydrogen) atoms. The maximum absolute atomic E-state index is 14.7. The van der Waals surface area contributed by atoms with Crippen LogP contribution < -0.4 is 5.01 Å². The fourth-order valence-electron chi connectivity index (χ4n) is 3.38. The summed E-state index contributed by atoms with van der Waals surface area (Å²) in [5.41, 5.74) is -5.33. The molecule has 1 aliphatic rings. The number of amides is 3. The van der Waals surface area contributed by atoms with Gasteiger partial charge in [-0.05, 0) is 18.6 Å². The number of halogens is 7. The smallest absolute Gasteiger partial charge is 0.273 e. The molecule has 2 aromatic rings. The molecule has 0 unspecified atom stereocenters. The molecule has 1 aliphatic heterocycles. The molecule has 12 heteroatoms. The third-order valence-corrected chi connectivity index (χ3v) is 4.94. The van der Waals surface area contributed by atoms with Crippen LogP contribution in [0.5, 0.6) is 0 Å². The molecule has 0 radical (unpaired) electrons. The second-order valence-electron chi connectivity index (χ2n) is 7.11. The van der Waals surface area contributed by atoms with Crippen molar-refractivity contribution in [2.75, 3.05) is 5.01 Å². The number of alkyl halides is 3. The summed E-state index contributed by atoms with van der Waals surface area (Å²) in [6.07, 6.45) is -5.21. The van der Waals surface area contributed by atoms with Crippen molar-refractivity contribution in [1.29, 1.82) is 0 Å². The molecular formula is C21H15F7N2O3. The molecular weight excluding hydrogens is 461 g/mol. The first-order valence-corrected chi connectivity index (χ1v) is 9.67. The largest absolute Gasteiger partial charge is 0.422 e. The van der Waals surface area contributed by atoms with E-state index in [1.807, 2.05) is 0 Å². The zero-order chi connectivity index (χ0) is 24.7. The number of unbranched alkanes of at least 4 members (excludes halogenated alkanes) is 2. The van der Waals surface area contributed by atoms with Crippen molar-refractivity contribution in [2.24, 2.45) is 0 Å². The molecule has 3 amide bonds.